The smallest absolute Gasteiger partial charge is 0.254 e. The molecule has 1 amide bonds. The Morgan fingerprint density at radius 1 is 1.36 bits per heavy atom. The van der Waals surface area contributed by atoms with Gasteiger partial charge in [0.05, 0.1) is 0 Å². The van der Waals surface area contributed by atoms with Crippen LogP contribution in [0, 0.1) is 0 Å². The summed E-state index contributed by atoms with van der Waals surface area (Å²) in [6.07, 6.45) is 4.55. The van der Waals surface area contributed by atoms with E-state index in [0.717, 1.165) is 29.8 Å². The van der Waals surface area contributed by atoms with Gasteiger partial charge in [-0.3, -0.25) is 9.78 Å². The van der Waals surface area contributed by atoms with Crippen LogP contribution in [0.1, 0.15) is 35.3 Å². The summed E-state index contributed by atoms with van der Waals surface area (Å²) < 4.78 is 0. The van der Waals surface area contributed by atoms with Gasteiger partial charge in [0.1, 0.15) is 0 Å². The second kappa shape index (κ2) is 6.18. The first kappa shape index (κ1) is 14.6. The summed E-state index contributed by atoms with van der Waals surface area (Å²) in [7, 11) is 0. The Kier molecular flexibility index (Phi) is 4.09. The van der Waals surface area contributed by atoms with Gasteiger partial charge < -0.3 is 10.2 Å². The summed E-state index contributed by atoms with van der Waals surface area (Å²) in [4.78, 5) is 18.9. The van der Waals surface area contributed by atoms with Gasteiger partial charge in [-0.05, 0) is 55.7 Å². The molecule has 1 aliphatic heterocycles. The van der Waals surface area contributed by atoms with Crippen molar-refractivity contribution in [2.24, 2.45) is 0 Å². The SMILES string of the molecule is CC(C)N(Cc1cccnc1)C(=O)c1ccc2c(c1)CCN2. The van der Waals surface area contributed by atoms with Crippen LogP contribution in [0.15, 0.2) is 42.7 Å². The molecule has 0 atom stereocenters. The third-order valence-electron chi connectivity index (χ3n) is 4.02. The normalized spacial score (nSPS) is 12.9. The van der Waals surface area contributed by atoms with Gasteiger partial charge in [-0.1, -0.05) is 6.07 Å². The molecule has 0 spiro atoms. The van der Waals surface area contributed by atoms with E-state index in [2.05, 4.69) is 10.3 Å². The fraction of sp³-hybridized carbons (Fsp3) is 0.333. The molecule has 4 nitrogen and oxygen atoms in total. The van der Waals surface area contributed by atoms with Crippen LogP contribution in [0.4, 0.5) is 5.69 Å². The molecule has 0 bridgehead atoms. The Labute approximate surface area is 131 Å². The number of rotatable bonds is 4. The Morgan fingerprint density at radius 3 is 2.95 bits per heavy atom. The summed E-state index contributed by atoms with van der Waals surface area (Å²) in [6, 6.07) is 9.99. The van der Waals surface area contributed by atoms with Crippen molar-refractivity contribution in [3.05, 3.63) is 59.4 Å². The van der Waals surface area contributed by atoms with E-state index in [0.29, 0.717) is 6.54 Å². The monoisotopic (exact) mass is 295 g/mol. The van der Waals surface area contributed by atoms with E-state index in [-0.39, 0.29) is 11.9 Å². The van der Waals surface area contributed by atoms with Crippen molar-refractivity contribution >= 4 is 11.6 Å². The van der Waals surface area contributed by atoms with Gasteiger partial charge in [-0.2, -0.15) is 0 Å². The van der Waals surface area contributed by atoms with Crippen molar-refractivity contribution < 1.29 is 4.79 Å². The van der Waals surface area contributed by atoms with Crippen molar-refractivity contribution in [1.29, 1.82) is 0 Å². The van der Waals surface area contributed by atoms with Crippen molar-refractivity contribution in [3.8, 4) is 0 Å². The Morgan fingerprint density at radius 2 is 2.23 bits per heavy atom. The van der Waals surface area contributed by atoms with E-state index in [9.17, 15) is 4.79 Å². The number of hydrogen-bond donors (Lipinski definition) is 1. The number of pyridine rings is 1. The number of anilines is 1. The number of carbonyl (C=O) groups is 1. The van der Waals surface area contributed by atoms with Gasteiger partial charge in [0.15, 0.2) is 0 Å². The fourth-order valence-electron chi connectivity index (χ4n) is 2.78. The highest BCUT2D eigenvalue weighted by Gasteiger charge is 2.21. The van der Waals surface area contributed by atoms with Crippen LogP contribution in [0.2, 0.25) is 0 Å². The number of fused-ring (bicyclic) bond motifs is 1. The van der Waals surface area contributed by atoms with Gasteiger partial charge in [0.25, 0.3) is 5.91 Å². The molecular formula is C18H21N3O. The number of amides is 1. The Bertz CT molecular complexity index is 667. The number of aromatic nitrogens is 1. The molecule has 114 valence electrons. The van der Waals surface area contributed by atoms with Gasteiger partial charge in [0, 0.05) is 42.8 Å². The van der Waals surface area contributed by atoms with E-state index in [1.807, 2.05) is 55.3 Å². The topological polar surface area (TPSA) is 45.2 Å². The largest absolute Gasteiger partial charge is 0.384 e. The Hall–Kier alpha value is -2.36. The van der Waals surface area contributed by atoms with Crippen LogP contribution in [-0.2, 0) is 13.0 Å². The lowest BCUT2D eigenvalue weighted by Crippen LogP contribution is -2.36. The quantitative estimate of drug-likeness (QED) is 0.942. The average molecular weight is 295 g/mol. The molecule has 1 aromatic carbocycles. The fourth-order valence-corrected chi connectivity index (χ4v) is 2.78. The zero-order valence-electron chi connectivity index (χ0n) is 13.0. The minimum absolute atomic E-state index is 0.0774. The maximum Gasteiger partial charge on any atom is 0.254 e. The zero-order chi connectivity index (χ0) is 15.5. The third kappa shape index (κ3) is 2.96. The summed E-state index contributed by atoms with van der Waals surface area (Å²) >= 11 is 0. The zero-order valence-corrected chi connectivity index (χ0v) is 13.0. The van der Waals surface area contributed by atoms with Crippen molar-refractivity contribution in [2.45, 2.75) is 32.9 Å². The molecule has 1 N–H and O–H groups in total. The highest BCUT2D eigenvalue weighted by molar-refractivity contribution is 5.95. The lowest BCUT2D eigenvalue weighted by Gasteiger charge is -2.27. The number of nitrogens with one attached hydrogen (secondary N) is 1. The lowest BCUT2D eigenvalue weighted by molar-refractivity contribution is 0.0690. The van der Waals surface area contributed by atoms with E-state index in [4.69, 9.17) is 0 Å². The summed E-state index contributed by atoms with van der Waals surface area (Å²) in [5.41, 5.74) is 4.20. The van der Waals surface area contributed by atoms with Crippen LogP contribution in [-0.4, -0.2) is 28.4 Å². The number of hydrogen-bond acceptors (Lipinski definition) is 3. The molecule has 0 saturated carbocycles. The predicted molar refractivity (Wildman–Crippen MR) is 87.9 cm³/mol. The van der Waals surface area contributed by atoms with Crippen LogP contribution in [0.25, 0.3) is 0 Å². The molecule has 0 saturated heterocycles. The van der Waals surface area contributed by atoms with Crippen LogP contribution in [0.3, 0.4) is 0 Å². The number of carbonyl (C=O) groups excluding carboxylic acids is 1. The minimum atomic E-state index is 0.0774. The third-order valence-corrected chi connectivity index (χ3v) is 4.02. The Balaban J connectivity index is 1.83. The van der Waals surface area contributed by atoms with E-state index in [1.165, 1.54) is 5.56 Å². The first-order valence-electron chi connectivity index (χ1n) is 7.72. The van der Waals surface area contributed by atoms with E-state index >= 15 is 0 Å². The molecule has 0 unspecified atom stereocenters. The molecule has 3 rings (SSSR count). The maximum atomic E-state index is 12.9. The van der Waals surface area contributed by atoms with E-state index in [1.54, 1.807) is 6.20 Å². The molecule has 22 heavy (non-hydrogen) atoms. The molecule has 0 aliphatic carbocycles. The van der Waals surface area contributed by atoms with Gasteiger partial charge in [0.2, 0.25) is 0 Å². The van der Waals surface area contributed by atoms with Crippen molar-refractivity contribution in [1.82, 2.24) is 9.88 Å². The molecule has 2 heterocycles. The highest BCUT2D eigenvalue weighted by Crippen LogP contribution is 2.24. The molecule has 2 aromatic rings. The number of benzene rings is 1. The maximum absolute atomic E-state index is 12.9. The first-order valence-corrected chi connectivity index (χ1v) is 7.72. The molecule has 1 aromatic heterocycles. The van der Waals surface area contributed by atoms with Crippen LogP contribution < -0.4 is 5.32 Å². The number of nitrogens with zero attached hydrogens (tertiary/aromatic N) is 2. The predicted octanol–water partition coefficient (Wildman–Crippen LogP) is 3.10. The second-order valence-corrected chi connectivity index (χ2v) is 5.94. The van der Waals surface area contributed by atoms with Gasteiger partial charge >= 0.3 is 0 Å². The molecular weight excluding hydrogens is 274 g/mol. The summed E-state index contributed by atoms with van der Waals surface area (Å²) in [5.74, 6) is 0.0774. The highest BCUT2D eigenvalue weighted by atomic mass is 16.2. The minimum Gasteiger partial charge on any atom is -0.384 e. The summed E-state index contributed by atoms with van der Waals surface area (Å²) in [6.45, 7) is 5.63. The van der Waals surface area contributed by atoms with Crippen LogP contribution >= 0.6 is 0 Å². The first-order chi connectivity index (χ1) is 10.6. The standard InChI is InChI=1S/C18H21N3O/c1-13(2)21(12-14-4-3-8-19-11-14)18(22)16-5-6-17-15(10-16)7-9-20-17/h3-6,8,10-11,13,20H,7,9,12H2,1-2H3. The molecule has 0 fully saturated rings. The van der Waals surface area contributed by atoms with Gasteiger partial charge in [-0.25, -0.2) is 0 Å². The van der Waals surface area contributed by atoms with Crippen molar-refractivity contribution in [3.63, 3.8) is 0 Å². The lowest BCUT2D eigenvalue weighted by atomic mass is 10.1. The molecule has 1 aliphatic rings. The van der Waals surface area contributed by atoms with Crippen LogP contribution in [0.5, 0.6) is 0 Å². The molecule has 4 heteroatoms. The van der Waals surface area contributed by atoms with Gasteiger partial charge in [-0.15, -0.1) is 0 Å². The molecule has 0 radical (unpaired) electrons. The van der Waals surface area contributed by atoms with Crippen molar-refractivity contribution in [2.75, 3.05) is 11.9 Å². The summed E-state index contributed by atoms with van der Waals surface area (Å²) in [5, 5.41) is 3.32. The van der Waals surface area contributed by atoms with E-state index < -0.39 is 0 Å². The average Bonchev–Trinajstić information content (AvgIpc) is 3.00. The second-order valence-electron chi connectivity index (χ2n) is 5.94.